The average molecular weight is 593 g/mol. The van der Waals surface area contributed by atoms with Gasteiger partial charge in [-0.05, 0) is 112 Å². The molecule has 3 aliphatic carbocycles. The maximum Gasteiger partial charge on any atom is 0.0725 e. The molecule has 0 N–H and O–H groups in total. The van der Waals surface area contributed by atoms with Crippen LogP contribution in [0.5, 0.6) is 0 Å². The first-order chi connectivity index (χ1) is 23.3. The smallest absolute Gasteiger partial charge is 0.0622 e. The third-order valence-corrected chi connectivity index (χ3v) is 11.0. The van der Waals surface area contributed by atoms with Crippen LogP contribution in [0, 0.1) is 0 Å². The fourth-order valence-corrected chi connectivity index (χ4v) is 9.16. The van der Waals surface area contributed by atoms with Crippen molar-refractivity contribution in [2.75, 3.05) is 0 Å². The van der Waals surface area contributed by atoms with Gasteiger partial charge in [-0.25, -0.2) is 0 Å². The van der Waals surface area contributed by atoms with Crippen molar-refractivity contribution in [3.8, 4) is 66.8 Å². The lowest BCUT2D eigenvalue weighted by Gasteiger charge is -2.31. The SMILES string of the molecule is c1ccc(-c2ccc(-c3ccc4c(c3)-c3ccccc3C43c4ccccc4-c4c3cc3c5c(cccc45)-c4ccccc4-3)cc2)cc1. The number of rotatable bonds is 2. The van der Waals surface area contributed by atoms with E-state index in [1.165, 1.54) is 99.8 Å². The zero-order valence-electron chi connectivity index (χ0n) is 25.7. The summed E-state index contributed by atoms with van der Waals surface area (Å²) in [5, 5.41) is 2.75. The lowest BCUT2D eigenvalue weighted by Crippen LogP contribution is -2.25. The van der Waals surface area contributed by atoms with Crippen LogP contribution in [0.1, 0.15) is 22.3 Å². The van der Waals surface area contributed by atoms with Crippen LogP contribution in [0.4, 0.5) is 0 Å². The van der Waals surface area contributed by atoms with Crippen molar-refractivity contribution >= 4 is 10.8 Å². The van der Waals surface area contributed by atoms with Crippen LogP contribution < -0.4 is 0 Å². The van der Waals surface area contributed by atoms with Gasteiger partial charge in [-0.3, -0.25) is 0 Å². The highest BCUT2D eigenvalue weighted by molar-refractivity contribution is 6.21. The van der Waals surface area contributed by atoms with E-state index < -0.39 is 0 Å². The molecule has 0 saturated carbocycles. The topological polar surface area (TPSA) is 0 Å². The van der Waals surface area contributed by atoms with Crippen LogP contribution >= 0.6 is 0 Å². The second kappa shape index (κ2) is 9.06. The van der Waals surface area contributed by atoms with Crippen molar-refractivity contribution in [1.82, 2.24) is 0 Å². The van der Waals surface area contributed by atoms with E-state index in [0.29, 0.717) is 0 Å². The molecule has 0 aliphatic heterocycles. The minimum atomic E-state index is -0.383. The summed E-state index contributed by atoms with van der Waals surface area (Å²) in [4.78, 5) is 0. The second-order valence-corrected chi connectivity index (χ2v) is 13.2. The summed E-state index contributed by atoms with van der Waals surface area (Å²) < 4.78 is 0. The minimum Gasteiger partial charge on any atom is -0.0622 e. The Morgan fingerprint density at radius 1 is 0.277 bits per heavy atom. The van der Waals surface area contributed by atoms with Gasteiger partial charge in [0.2, 0.25) is 0 Å². The Balaban J connectivity index is 1.19. The minimum absolute atomic E-state index is 0.383. The predicted octanol–water partition coefficient (Wildman–Crippen LogP) is 12.2. The van der Waals surface area contributed by atoms with E-state index in [2.05, 4.69) is 170 Å². The summed E-state index contributed by atoms with van der Waals surface area (Å²) in [5.74, 6) is 0. The summed E-state index contributed by atoms with van der Waals surface area (Å²) in [5.41, 5.74) is 20.9. The summed E-state index contributed by atoms with van der Waals surface area (Å²) in [6.07, 6.45) is 0. The van der Waals surface area contributed by atoms with Crippen LogP contribution in [0.2, 0.25) is 0 Å². The van der Waals surface area contributed by atoms with Crippen molar-refractivity contribution in [2.45, 2.75) is 5.41 Å². The van der Waals surface area contributed by atoms with Crippen LogP contribution in [0.3, 0.4) is 0 Å². The molecule has 8 aromatic rings. The summed E-state index contributed by atoms with van der Waals surface area (Å²) in [6, 6.07) is 63.6. The predicted molar refractivity (Wildman–Crippen MR) is 196 cm³/mol. The number of benzene rings is 8. The lowest BCUT2D eigenvalue weighted by molar-refractivity contribution is 0.795. The maximum absolute atomic E-state index is 2.55. The quantitative estimate of drug-likeness (QED) is 0.187. The lowest BCUT2D eigenvalue weighted by atomic mass is 9.70. The third-order valence-electron chi connectivity index (χ3n) is 11.0. The van der Waals surface area contributed by atoms with Gasteiger partial charge in [-0.2, -0.15) is 0 Å². The summed E-state index contributed by atoms with van der Waals surface area (Å²) >= 11 is 0. The van der Waals surface area contributed by atoms with Crippen LogP contribution in [0.15, 0.2) is 170 Å². The van der Waals surface area contributed by atoms with Gasteiger partial charge in [-0.15, -0.1) is 0 Å². The Bertz CT molecular complexity index is 2600. The molecule has 1 spiro atoms. The van der Waals surface area contributed by atoms with Gasteiger partial charge >= 0.3 is 0 Å². The molecule has 0 heteroatoms. The molecular formula is C47H28. The molecule has 1 unspecified atom stereocenters. The van der Waals surface area contributed by atoms with Crippen molar-refractivity contribution in [2.24, 2.45) is 0 Å². The highest BCUT2D eigenvalue weighted by Crippen LogP contribution is 2.65. The van der Waals surface area contributed by atoms with E-state index in [1.54, 1.807) is 0 Å². The normalized spacial score (nSPS) is 15.7. The Kier molecular flexibility index (Phi) is 4.86. The zero-order chi connectivity index (χ0) is 30.7. The molecule has 0 saturated heterocycles. The third kappa shape index (κ3) is 3.13. The van der Waals surface area contributed by atoms with E-state index in [0.717, 1.165) is 0 Å². The highest BCUT2D eigenvalue weighted by Gasteiger charge is 2.52. The first-order valence-corrected chi connectivity index (χ1v) is 16.5. The number of hydrogen-bond donors (Lipinski definition) is 0. The monoisotopic (exact) mass is 592 g/mol. The van der Waals surface area contributed by atoms with E-state index in [4.69, 9.17) is 0 Å². The summed E-state index contributed by atoms with van der Waals surface area (Å²) in [7, 11) is 0. The Morgan fingerprint density at radius 2 is 0.809 bits per heavy atom. The second-order valence-electron chi connectivity index (χ2n) is 13.2. The fraction of sp³-hybridized carbons (Fsp3) is 0.0213. The summed E-state index contributed by atoms with van der Waals surface area (Å²) in [6.45, 7) is 0. The van der Waals surface area contributed by atoms with Crippen LogP contribution in [-0.4, -0.2) is 0 Å². The molecule has 216 valence electrons. The Hall–Kier alpha value is -5.98. The van der Waals surface area contributed by atoms with Gasteiger partial charge in [-0.1, -0.05) is 158 Å². The van der Waals surface area contributed by atoms with E-state index >= 15 is 0 Å². The van der Waals surface area contributed by atoms with Crippen molar-refractivity contribution < 1.29 is 0 Å². The van der Waals surface area contributed by atoms with Crippen molar-refractivity contribution in [3.63, 3.8) is 0 Å². The van der Waals surface area contributed by atoms with Gasteiger partial charge < -0.3 is 0 Å². The molecule has 0 radical (unpaired) electrons. The molecule has 11 rings (SSSR count). The van der Waals surface area contributed by atoms with E-state index in [9.17, 15) is 0 Å². The fourth-order valence-electron chi connectivity index (χ4n) is 9.16. The molecule has 3 aliphatic rings. The largest absolute Gasteiger partial charge is 0.0725 e. The van der Waals surface area contributed by atoms with Gasteiger partial charge in [0.15, 0.2) is 0 Å². The molecule has 1 atom stereocenters. The Labute approximate surface area is 274 Å². The average Bonchev–Trinajstić information content (AvgIpc) is 3.75. The van der Waals surface area contributed by atoms with Gasteiger partial charge in [0, 0.05) is 0 Å². The first-order valence-electron chi connectivity index (χ1n) is 16.5. The number of hydrogen-bond acceptors (Lipinski definition) is 0. The molecular weight excluding hydrogens is 565 g/mol. The molecule has 0 amide bonds. The molecule has 0 heterocycles. The van der Waals surface area contributed by atoms with Crippen molar-refractivity contribution in [1.29, 1.82) is 0 Å². The zero-order valence-corrected chi connectivity index (χ0v) is 25.7. The molecule has 0 nitrogen and oxygen atoms in total. The highest BCUT2D eigenvalue weighted by atomic mass is 14.5. The van der Waals surface area contributed by atoms with Gasteiger partial charge in [0.25, 0.3) is 0 Å². The van der Waals surface area contributed by atoms with Gasteiger partial charge in [0.1, 0.15) is 0 Å². The van der Waals surface area contributed by atoms with Crippen molar-refractivity contribution in [3.05, 3.63) is 192 Å². The standard InChI is InChI=1S/C47H28/c1-2-11-29(12-3-1)30-21-23-31(24-22-30)32-25-26-43-39(27-32)35-15-6-8-19-41(35)47(43)42-20-9-7-16-37(42)46-38-18-10-17-36-33-13-4-5-14-34(33)40(45(36)38)28-44(46)47/h1-28H. The Morgan fingerprint density at radius 3 is 1.57 bits per heavy atom. The van der Waals surface area contributed by atoms with Gasteiger partial charge in [0.05, 0.1) is 5.41 Å². The molecule has 0 fully saturated rings. The van der Waals surface area contributed by atoms with Crippen LogP contribution in [0.25, 0.3) is 77.5 Å². The van der Waals surface area contributed by atoms with Crippen LogP contribution in [-0.2, 0) is 5.41 Å². The first kappa shape index (κ1) is 25.2. The molecule has 0 bridgehead atoms. The molecule has 8 aromatic carbocycles. The van der Waals surface area contributed by atoms with E-state index in [-0.39, 0.29) is 5.41 Å². The maximum atomic E-state index is 2.55. The van der Waals surface area contributed by atoms with E-state index in [1.807, 2.05) is 0 Å². The molecule has 0 aromatic heterocycles. The number of fused-ring (bicyclic) bond motifs is 14. The molecule has 47 heavy (non-hydrogen) atoms.